The molecule has 4 rings (SSSR count). The minimum Gasteiger partial charge on any atom is -0.444 e. The zero-order chi connectivity index (χ0) is 23.8. The van der Waals surface area contributed by atoms with Crippen LogP contribution in [0.5, 0.6) is 0 Å². The Bertz CT molecular complexity index is 1190. The molecule has 0 fully saturated rings. The van der Waals surface area contributed by atoms with Crippen LogP contribution in [-0.4, -0.2) is 44.3 Å². The monoisotopic (exact) mass is 448 g/mol. The van der Waals surface area contributed by atoms with Crippen LogP contribution < -0.4 is 11.1 Å². The summed E-state index contributed by atoms with van der Waals surface area (Å²) in [6.07, 6.45) is 6.12. The maximum absolute atomic E-state index is 12.3. The highest BCUT2D eigenvalue weighted by atomic mass is 16.6. The molecule has 3 heterocycles. The Labute approximate surface area is 194 Å². The van der Waals surface area contributed by atoms with Gasteiger partial charge in [0.15, 0.2) is 5.82 Å². The van der Waals surface area contributed by atoms with Gasteiger partial charge >= 0.3 is 6.09 Å². The molecule has 8 heteroatoms. The summed E-state index contributed by atoms with van der Waals surface area (Å²) in [5, 5.41) is 7.88. The number of amides is 1. The van der Waals surface area contributed by atoms with E-state index >= 15 is 0 Å². The van der Waals surface area contributed by atoms with E-state index in [0.29, 0.717) is 13.1 Å². The van der Waals surface area contributed by atoms with Crippen molar-refractivity contribution in [2.45, 2.75) is 52.7 Å². The number of benzene rings is 1. The fourth-order valence-corrected chi connectivity index (χ4v) is 4.02. The lowest BCUT2D eigenvalue weighted by atomic mass is 10.0. The van der Waals surface area contributed by atoms with Crippen molar-refractivity contribution in [1.29, 1.82) is 0 Å². The van der Waals surface area contributed by atoms with Crippen molar-refractivity contribution in [1.82, 2.24) is 19.5 Å². The number of nitrogens with one attached hydrogen (secondary N) is 1. The molecule has 174 valence electrons. The summed E-state index contributed by atoms with van der Waals surface area (Å²) in [5.74, 6) is 0.760. The number of aromatic nitrogens is 3. The summed E-state index contributed by atoms with van der Waals surface area (Å²) < 4.78 is 7.33. The van der Waals surface area contributed by atoms with E-state index < -0.39 is 5.60 Å². The third-order valence-electron chi connectivity index (χ3n) is 5.61. The van der Waals surface area contributed by atoms with Crippen LogP contribution in [0.4, 0.5) is 16.3 Å². The maximum atomic E-state index is 12.3. The van der Waals surface area contributed by atoms with E-state index in [1.54, 1.807) is 11.2 Å². The fraction of sp³-hybridized carbons (Fsp3) is 0.400. The minimum absolute atomic E-state index is 0.0283. The van der Waals surface area contributed by atoms with E-state index in [0.717, 1.165) is 40.1 Å². The largest absolute Gasteiger partial charge is 0.444 e. The number of carbonyl (C=O) groups excluding carboxylic acids is 1. The van der Waals surface area contributed by atoms with E-state index in [1.165, 1.54) is 5.57 Å². The average Bonchev–Trinajstić information content (AvgIpc) is 3.17. The highest BCUT2D eigenvalue weighted by molar-refractivity contribution is 5.78. The third kappa shape index (κ3) is 5.27. The van der Waals surface area contributed by atoms with Gasteiger partial charge in [0.25, 0.3) is 0 Å². The van der Waals surface area contributed by atoms with Gasteiger partial charge in [0.1, 0.15) is 17.4 Å². The number of nitrogens with two attached hydrogens (primary N) is 1. The van der Waals surface area contributed by atoms with Crippen LogP contribution in [0.15, 0.2) is 42.9 Å². The molecule has 2 aromatic heterocycles. The van der Waals surface area contributed by atoms with Gasteiger partial charge in [0, 0.05) is 25.0 Å². The van der Waals surface area contributed by atoms with Crippen LogP contribution >= 0.6 is 0 Å². The molecule has 0 radical (unpaired) electrons. The second kappa shape index (κ2) is 8.77. The van der Waals surface area contributed by atoms with Crippen LogP contribution in [0.1, 0.15) is 56.8 Å². The maximum Gasteiger partial charge on any atom is 0.410 e. The lowest BCUT2D eigenvalue weighted by Gasteiger charge is -2.29. The third-order valence-corrected chi connectivity index (χ3v) is 5.61. The first-order valence-electron chi connectivity index (χ1n) is 11.2. The molecule has 33 heavy (non-hydrogen) atoms. The number of ether oxygens (including phenoxy) is 1. The summed E-state index contributed by atoms with van der Waals surface area (Å²) in [5.41, 5.74) is 11.7. The first-order chi connectivity index (χ1) is 15.6. The smallest absolute Gasteiger partial charge is 0.410 e. The summed E-state index contributed by atoms with van der Waals surface area (Å²) >= 11 is 0. The number of nitrogens with zero attached hydrogens (tertiary/aromatic N) is 4. The second-order valence-corrected chi connectivity index (χ2v) is 9.62. The minimum atomic E-state index is -0.496. The lowest BCUT2D eigenvalue weighted by molar-refractivity contribution is 0.0270. The van der Waals surface area contributed by atoms with Crippen molar-refractivity contribution in [3.63, 3.8) is 0 Å². The quantitative estimate of drug-likeness (QED) is 0.556. The molecule has 1 amide bonds. The predicted octanol–water partition coefficient (Wildman–Crippen LogP) is 4.82. The van der Waals surface area contributed by atoms with Gasteiger partial charge in [-0.15, -0.1) is 0 Å². The Kier molecular flexibility index (Phi) is 6.01. The van der Waals surface area contributed by atoms with Crippen LogP contribution in [0.3, 0.4) is 0 Å². The number of nitrogen functional groups attached to an aromatic ring is 1. The highest BCUT2D eigenvalue weighted by Crippen LogP contribution is 2.29. The molecule has 3 aromatic rings. The van der Waals surface area contributed by atoms with Crippen molar-refractivity contribution in [3.8, 4) is 0 Å². The SMILES string of the molecule is Cc1cc(N)cc([C@@H](C)Nc2ncnn3cc(C4=CCN(C(=O)OC(C)(C)C)CC4)cc23)c1. The zero-order valence-electron chi connectivity index (χ0n) is 19.9. The van der Waals surface area contributed by atoms with Gasteiger partial charge in [-0.2, -0.15) is 5.10 Å². The predicted molar refractivity (Wildman–Crippen MR) is 131 cm³/mol. The number of aryl methyl sites for hydroxylation is 1. The van der Waals surface area contributed by atoms with Gasteiger partial charge in [-0.05, 0) is 81.5 Å². The Morgan fingerprint density at radius 3 is 2.70 bits per heavy atom. The summed E-state index contributed by atoms with van der Waals surface area (Å²) in [4.78, 5) is 18.6. The molecule has 0 aliphatic carbocycles. The van der Waals surface area contributed by atoms with E-state index in [-0.39, 0.29) is 12.1 Å². The van der Waals surface area contributed by atoms with Crippen LogP contribution in [0.25, 0.3) is 11.1 Å². The van der Waals surface area contributed by atoms with Gasteiger partial charge in [-0.1, -0.05) is 12.1 Å². The van der Waals surface area contributed by atoms with Crippen molar-refractivity contribution >= 4 is 28.7 Å². The summed E-state index contributed by atoms with van der Waals surface area (Å²) in [7, 11) is 0. The van der Waals surface area contributed by atoms with E-state index in [1.807, 2.05) is 50.5 Å². The van der Waals surface area contributed by atoms with Gasteiger partial charge in [-0.3, -0.25) is 0 Å². The Morgan fingerprint density at radius 2 is 2.03 bits per heavy atom. The summed E-state index contributed by atoms with van der Waals surface area (Å²) in [6, 6.07) is 8.19. The standard InChI is InChI=1S/C25H32N6O2/c1-16-10-19(12-21(26)11-16)17(2)29-23-22-13-20(14-31(22)28-15-27-23)18-6-8-30(9-7-18)24(32)33-25(3,4)5/h6,10-15,17H,7-9,26H2,1-5H3,(H,27,28,29)/t17-/m1/s1. The Morgan fingerprint density at radius 1 is 1.24 bits per heavy atom. The number of fused-ring (bicyclic) bond motifs is 1. The molecular weight excluding hydrogens is 416 g/mol. The van der Waals surface area contributed by atoms with Gasteiger partial charge < -0.3 is 20.7 Å². The van der Waals surface area contributed by atoms with E-state index in [4.69, 9.17) is 10.5 Å². The number of rotatable bonds is 4. The van der Waals surface area contributed by atoms with Gasteiger partial charge in [0.2, 0.25) is 0 Å². The first-order valence-corrected chi connectivity index (χ1v) is 11.2. The number of carbonyl (C=O) groups is 1. The number of hydrogen-bond donors (Lipinski definition) is 2. The molecular formula is C25H32N6O2. The average molecular weight is 449 g/mol. The molecule has 0 unspecified atom stereocenters. The second-order valence-electron chi connectivity index (χ2n) is 9.62. The topological polar surface area (TPSA) is 97.8 Å². The molecule has 0 saturated heterocycles. The molecule has 1 aromatic carbocycles. The van der Waals surface area contributed by atoms with Crippen molar-refractivity contribution in [2.24, 2.45) is 0 Å². The fourth-order valence-electron chi connectivity index (χ4n) is 4.02. The van der Waals surface area contributed by atoms with Gasteiger partial charge in [0.05, 0.1) is 6.04 Å². The van der Waals surface area contributed by atoms with Gasteiger partial charge in [-0.25, -0.2) is 14.3 Å². The number of hydrogen-bond acceptors (Lipinski definition) is 6. The Balaban J connectivity index is 1.52. The highest BCUT2D eigenvalue weighted by Gasteiger charge is 2.24. The van der Waals surface area contributed by atoms with Crippen LogP contribution in [0.2, 0.25) is 0 Å². The molecule has 0 spiro atoms. The lowest BCUT2D eigenvalue weighted by Crippen LogP contribution is -2.39. The molecule has 3 N–H and O–H groups in total. The van der Waals surface area contributed by atoms with Crippen LogP contribution in [0, 0.1) is 6.92 Å². The van der Waals surface area contributed by atoms with E-state index in [9.17, 15) is 4.79 Å². The molecule has 1 aliphatic rings. The molecule has 0 bridgehead atoms. The molecule has 8 nitrogen and oxygen atoms in total. The molecule has 0 saturated carbocycles. The number of anilines is 2. The normalized spacial score (nSPS) is 15.3. The zero-order valence-corrected chi connectivity index (χ0v) is 19.9. The first kappa shape index (κ1) is 22.6. The molecule has 1 aliphatic heterocycles. The molecule has 1 atom stereocenters. The van der Waals surface area contributed by atoms with Crippen LogP contribution in [-0.2, 0) is 4.74 Å². The van der Waals surface area contributed by atoms with Crippen molar-refractivity contribution in [2.75, 3.05) is 24.1 Å². The Hall–Kier alpha value is -3.55. The van der Waals surface area contributed by atoms with Crippen molar-refractivity contribution in [3.05, 3.63) is 59.6 Å². The summed E-state index contributed by atoms with van der Waals surface area (Å²) in [6.45, 7) is 10.9. The van der Waals surface area contributed by atoms with Crippen molar-refractivity contribution < 1.29 is 9.53 Å². The van der Waals surface area contributed by atoms with E-state index in [2.05, 4.69) is 40.5 Å².